The quantitative estimate of drug-likeness (QED) is 0.640. The summed E-state index contributed by atoms with van der Waals surface area (Å²) in [4.78, 5) is 28.2. The van der Waals surface area contributed by atoms with E-state index in [1.807, 2.05) is 0 Å². The highest BCUT2D eigenvalue weighted by Crippen LogP contribution is 2.10. The second-order valence-corrected chi connectivity index (χ2v) is 3.85. The van der Waals surface area contributed by atoms with E-state index in [4.69, 9.17) is 10.8 Å². The van der Waals surface area contributed by atoms with Crippen LogP contribution in [0.15, 0.2) is 35.4 Å². The van der Waals surface area contributed by atoms with Crippen LogP contribution in [-0.2, 0) is 6.54 Å². The molecule has 0 unspecified atom stereocenters. The van der Waals surface area contributed by atoms with Gasteiger partial charge in [-0.25, -0.2) is 9.78 Å². The monoisotopic (exact) mass is 260 g/mol. The second kappa shape index (κ2) is 5.21. The van der Waals surface area contributed by atoms with Gasteiger partial charge in [-0.2, -0.15) is 0 Å². The predicted molar refractivity (Wildman–Crippen MR) is 70.0 cm³/mol. The number of benzene rings is 1. The fourth-order valence-corrected chi connectivity index (χ4v) is 1.50. The summed E-state index contributed by atoms with van der Waals surface area (Å²) in [6.45, 7) is 0.389. The molecule has 2 rings (SSSR count). The number of H-pyrrole nitrogens is 1. The standard InChI is InChI=1S/C12H12N4O3/c13-9-10(15-6-16-11(9)17)14-5-7-1-3-8(4-2-7)12(18)19/h1-4,6H,5,13H2,(H,18,19)(H2,14,15,16,17). The summed E-state index contributed by atoms with van der Waals surface area (Å²) >= 11 is 0. The van der Waals surface area contributed by atoms with Crippen molar-refractivity contribution in [3.05, 3.63) is 52.1 Å². The minimum atomic E-state index is -0.972. The highest BCUT2D eigenvalue weighted by molar-refractivity contribution is 5.87. The third kappa shape index (κ3) is 2.89. The Labute approximate surface area is 108 Å². The Bertz CT molecular complexity index is 649. The maximum atomic E-state index is 11.2. The lowest BCUT2D eigenvalue weighted by Gasteiger charge is -2.07. The molecular weight excluding hydrogens is 248 g/mol. The SMILES string of the molecule is Nc1c(NCc2ccc(C(=O)O)cc2)nc[nH]c1=O. The molecule has 0 aliphatic carbocycles. The molecule has 0 radical (unpaired) electrons. The lowest BCUT2D eigenvalue weighted by Crippen LogP contribution is -2.16. The number of aromatic amines is 1. The summed E-state index contributed by atoms with van der Waals surface area (Å²) in [6, 6.07) is 6.38. The summed E-state index contributed by atoms with van der Waals surface area (Å²) in [6.07, 6.45) is 1.26. The number of rotatable bonds is 4. The molecule has 7 heteroatoms. The predicted octanol–water partition coefficient (Wildman–Crippen LogP) is 0.662. The van der Waals surface area contributed by atoms with Gasteiger partial charge in [-0.05, 0) is 17.7 Å². The fourth-order valence-electron chi connectivity index (χ4n) is 1.50. The Kier molecular flexibility index (Phi) is 3.46. The van der Waals surface area contributed by atoms with Crippen LogP contribution < -0.4 is 16.6 Å². The van der Waals surface area contributed by atoms with Gasteiger partial charge in [-0.15, -0.1) is 0 Å². The molecule has 0 saturated heterocycles. The van der Waals surface area contributed by atoms with Gasteiger partial charge in [-0.3, -0.25) is 4.79 Å². The lowest BCUT2D eigenvalue weighted by molar-refractivity contribution is 0.0697. The van der Waals surface area contributed by atoms with Crippen LogP contribution in [-0.4, -0.2) is 21.0 Å². The molecule has 1 heterocycles. The molecule has 0 bridgehead atoms. The smallest absolute Gasteiger partial charge is 0.335 e. The first-order valence-electron chi connectivity index (χ1n) is 5.47. The van der Waals surface area contributed by atoms with Gasteiger partial charge in [-0.1, -0.05) is 12.1 Å². The molecule has 1 aromatic carbocycles. The first-order chi connectivity index (χ1) is 9.08. The number of carbonyl (C=O) groups is 1. The van der Waals surface area contributed by atoms with Crippen LogP contribution >= 0.6 is 0 Å². The number of aromatic carboxylic acids is 1. The highest BCUT2D eigenvalue weighted by atomic mass is 16.4. The van der Waals surface area contributed by atoms with E-state index in [1.54, 1.807) is 12.1 Å². The maximum absolute atomic E-state index is 11.2. The molecule has 0 aliphatic heterocycles. The van der Waals surface area contributed by atoms with E-state index >= 15 is 0 Å². The van der Waals surface area contributed by atoms with Crippen molar-refractivity contribution in [1.82, 2.24) is 9.97 Å². The van der Waals surface area contributed by atoms with Gasteiger partial charge in [0.2, 0.25) is 0 Å². The van der Waals surface area contributed by atoms with Gasteiger partial charge < -0.3 is 21.1 Å². The largest absolute Gasteiger partial charge is 0.478 e. The van der Waals surface area contributed by atoms with Crippen LogP contribution in [0.5, 0.6) is 0 Å². The normalized spacial score (nSPS) is 10.1. The maximum Gasteiger partial charge on any atom is 0.335 e. The highest BCUT2D eigenvalue weighted by Gasteiger charge is 2.05. The Balaban J connectivity index is 2.08. The first kappa shape index (κ1) is 12.6. The van der Waals surface area contributed by atoms with Crippen LogP contribution in [0.2, 0.25) is 0 Å². The zero-order chi connectivity index (χ0) is 13.8. The zero-order valence-electron chi connectivity index (χ0n) is 9.88. The average Bonchev–Trinajstić information content (AvgIpc) is 2.41. The Morgan fingerprint density at radius 1 is 1.37 bits per heavy atom. The van der Waals surface area contributed by atoms with Gasteiger partial charge >= 0.3 is 5.97 Å². The molecule has 1 aromatic heterocycles. The van der Waals surface area contributed by atoms with Crippen molar-refractivity contribution >= 4 is 17.5 Å². The van der Waals surface area contributed by atoms with Crippen molar-refractivity contribution in [3.8, 4) is 0 Å². The number of nitrogens with zero attached hydrogens (tertiary/aromatic N) is 1. The third-order valence-electron chi connectivity index (χ3n) is 2.55. The molecule has 19 heavy (non-hydrogen) atoms. The van der Waals surface area contributed by atoms with E-state index in [9.17, 15) is 9.59 Å². The van der Waals surface area contributed by atoms with Gasteiger partial charge in [0.05, 0.1) is 11.9 Å². The van der Waals surface area contributed by atoms with Crippen molar-refractivity contribution in [1.29, 1.82) is 0 Å². The summed E-state index contributed by atoms with van der Waals surface area (Å²) < 4.78 is 0. The van der Waals surface area contributed by atoms with Crippen LogP contribution in [0.1, 0.15) is 15.9 Å². The van der Waals surface area contributed by atoms with E-state index in [2.05, 4.69) is 15.3 Å². The molecule has 0 atom stereocenters. The minimum absolute atomic E-state index is 0.0182. The molecular formula is C12H12N4O3. The van der Waals surface area contributed by atoms with Gasteiger partial charge in [0.1, 0.15) is 5.69 Å². The van der Waals surface area contributed by atoms with Crippen LogP contribution in [0, 0.1) is 0 Å². The van der Waals surface area contributed by atoms with E-state index in [1.165, 1.54) is 18.5 Å². The van der Waals surface area contributed by atoms with E-state index in [-0.39, 0.29) is 11.3 Å². The lowest BCUT2D eigenvalue weighted by atomic mass is 10.1. The first-order valence-corrected chi connectivity index (χ1v) is 5.47. The summed E-state index contributed by atoms with van der Waals surface area (Å²) in [5.41, 5.74) is 6.25. The Morgan fingerprint density at radius 3 is 2.68 bits per heavy atom. The van der Waals surface area contributed by atoms with Crippen molar-refractivity contribution in [2.45, 2.75) is 6.54 Å². The van der Waals surface area contributed by atoms with E-state index in [0.717, 1.165) is 5.56 Å². The molecule has 2 aromatic rings. The molecule has 98 valence electrons. The topological polar surface area (TPSA) is 121 Å². The van der Waals surface area contributed by atoms with Gasteiger partial charge in [0.25, 0.3) is 5.56 Å². The number of carboxylic acid groups (broad SMARTS) is 1. The zero-order valence-corrected chi connectivity index (χ0v) is 9.88. The van der Waals surface area contributed by atoms with Gasteiger partial charge in [0.15, 0.2) is 5.82 Å². The molecule has 0 amide bonds. The number of anilines is 2. The van der Waals surface area contributed by atoms with Gasteiger partial charge in [0, 0.05) is 6.54 Å². The van der Waals surface area contributed by atoms with Crippen LogP contribution in [0.3, 0.4) is 0 Å². The average molecular weight is 260 g/mol. The number of nitrogens with one attached hydrogen (secondary N) is 2. The van der Waals surface area contributed by atoms with Crippen molar-refractivity contribution in [2.75, 3.05) is 11.1 Å². The number of hydrogen-bond acceptors (Lipinski definition) is 5. The fraction of sp³-hybridized carbons (Fsp3) is 0.0833. The molecule has 0 saturated carbocycles. The van der Waals surface area contributed by atoms with Crippen LogP contribution in [0.25, 0.3) is 0 Å². The number of aromatic nitrogens is 2. The number of carboxylic acids is 1. The summed E-state index contributed by atoms with van der Waals surface area (Å²) in [5, 5.41) is 11.7. The van der Waals surface area contributed by atoms with E-state index in [0.29, 0.717) is 12.4 Å². The Hall–Kier alpha value is -2.83. The molecule has 0 aliphatic rings. The Morgan fingerprint density at radius 2 is 2.05 bits per heavy atom. The summed E-state index contributed by atoms with van der Waals surface area (Å²) in [5.74, 6) is -0.675. The number of nitrogens with two attached hydrogens (primary N) is 1. The molecule has 0 fully saturated rings. The molecule has 7 nitrogen and oxygen atoms in total. The van der Waals surface area contributed by atoms with E-state index < -0.39 is 11.5 Å². The van der Waals surface area contributed by atoms with Crippen molar-refractivity contribution in [3.63, 3.8) is 0 Å². The minimum Gasteiger partial charge on any atom is -0.478 e. The van der Waals surface area contributed by atoms with Crippen molar-refractivity contribution < 1.29 is 9.90 Å². The number of hydrogen-bond donors (Lipinski definition) is 4. The van der Waals surface area contributed by atoms with Crippen LogP contribution in [0.4, 0.5) is 11.5 Å². The third-order valence-corrected chi connectivity index (χ3v) is 2.55. The van der Waals surface area contributed by atoms with Crippen molar-refractivity contribution in [2.24, 2.45) is 0 Å². The number of nitrogen functional groups attached to an aromatic ring is 1. The molecule has 0 spiro atoms. The summed E-state index contributed by atoms with van der Waals surface area (Å²) in [7, 11) is 0. The second-order valence-electron chi connectivity index (χ2n) is 3.85. The molecule has 5 N–H and O–H groups in total.